The molecule has 0 fully saturated rings. The van der Waals surface area contributed by atoms with Crippen LogP contribution in [-0.4, -0.2) is 68.7 Å². The van der Waals surface area contributed by atoms with Crippen molar-refractivity contribution in [2.75, 3.05) is 20.3 Å². The second-order valence-electron chi connectivity index (χ2n) is 10.4. The zero-order valence-corrected chi connectivity index (χ0v) is 26.2. The van der Waals surface area contributed by atoms with Gasteiger partial charge in [-0.25, -0.2) is 9.28 Å². The van der Waals surface area contributed by atoms with Gasteiger partial charge in [0.25, 0.3) is 0 Å². The SMILES string of the molecule is CCC1=NC(Cl)=C(C(=O)[O-])[N+]1(CCOC(=O)C(C)(C)OC)Cc1ccc2oc(-c3ccccc3-c3nn[nH]n3)c(Br)c2c1. The van der Waals surface area contributed by atoms with Crippen LogP contribution in [0.4, 0.5) is 0 Å². The van der Waals surface area contributed by atoms with Crippen LogP contribution in [0.25, 0.3) is 33.7 Å². The van der Waals surface area contributed by atoms with Crippen LogP contribution in [0.5, 0.6) is 0 Å². The largest absolute Gasteiger partial charge is 0.540 e. The first kappa shape index (κ1) is 30.5. The highest BCUT2D eigenvalue weighted by molar-refractivity contribution is 9.10. The first-order valence-electron chi connectivity index (χ1n) is 13.4. The van der Waals surface area contributed by atoms with Crippen molar-refractivity contribution >= 4 is 56.3 Å². The Kier molecular flexibility index (Phi) is 8.52. The molecular weight excluding hydrogens is 644 g/mol. The standard InChI is InChI=1S/C29H28BrClN6O6/c1-5-21-32-25(31)23(27(38)39)37(21,12-13-42-28(40)29(2,3)41-4)15-16-10-11-20-19(14-16)22(30)24(43-20)17-8-6-7-9-18(17)26-33-35-36-34-26/h6-11,14H,5,12-13,15H2,1-4H3,(H-,33,34,35,36,38,39). The van der Waals surface area contributed by atoms with Crippen molar-refractivity contribution in [2.45, 2.75) is 39.3 Å². The number of benzene rings is 2. The van der Waals surface area contributed by atoms with E-state index in [9.17, 15) is 14.7 Å². The minimum atomic E-state index is -1.45. The van der Waals surface area contributed by atoms with Crippen molar-refractivity contribution in [1.82, 2.24) is 20.6 Å². The number of furan rings is 1. The lowest BCUT2D eigenvalue weighted by Crippen LogP contribution is -2.55. The summed E-state index contributed by atoms with van der Waals surface area (Å²) in [5.74, 6) is -0.535. The molecule has 0 aliphatic carbocycles. The Labute approximate surface area is 260 Å². The highest BCUT2D eigenvalue weighted by Crippen LogP contribution is 2.42. The van der Waals surface area contributed by atoms with Gasteiger partial charge in [0, 0.05) is 35.6 Å². The van der Waals surface area contributed by atoms with Gasteiger partial charge in [0.2, 0.25) is 11.7 Å². The molecule has 1 aliphatic rings. The number of nitrogens with zero attached hydrogens (tertiary/aromatic N) is 5. The van der Waals surface area contributed by atoms with Crippen LogP contribution in [-0.2, 0) is 25.6 Å². The molecule has 1 unspecified atom stereocenters. The summed E-state index contributed by atoms with van der Waals surface area (Å²) in [4.78, 5) is 29.4. The predicted molar refractivity (Wildman–Crippen MR) is 159 cm³/mol. The van der Waals surface area contributed by atoms with Gasteiger partial charge in [0.05, 0.1) is 4.47 Å². The Morgan fingerprint density at radius 3 is 2.58 bits per heavy atom. The van der Waals surface area contributed by atoms with Crippen LogP contribution in [0.3, 0.4) is 0 Å². The number of nitrogens with one attached hydrogen (secondary N) is 1. The summed E-state index contributed by atoms with van der Waals surface area (Å²) in [6.07, 6.45) is 0.402. The molecule has 14 heteroatoms. The van der Waals surface area contributed by atoms with Gasteiger partial charge in [-0.3, -0.25) is 0 Å². The molecule has 43 heavy (non-hydrogen) atoms. The Morgan fingerprint density at radius 2 is 1.93 bits per heavy atom. The van der Waals surface area contributed by atoms with Gasteiger partial charge in [0.15, 0.2) is 16.5 Å². The Hall–Kier alpha value is -3.91. The van der Waals surface area contributed by atoms with Crippen LogP contribution in [0, 0.1) is 0 Å². The molecule has 0 spiro atoms. The van der Waals surface area contributed by atoms with Crippen molar-refractivity contribution in [3.05, 3.63) is 63.4 Å². The number of rotatable bonds is 11. The smallest absolute Gasteiger partial charge is 0.338 e. The fourth-order valence-corrected chi connectivity index (χ4v) is 6.04. The molecule has 5 rings (SSSR count). The number of tetrazole rings is 1. The van der Waals surface area contributed by atoms with Crippen molar-refractivity contribution < 1.29 is 33.1 Å². The third kappa shape index (κ3) is 5.60. The number of hydrogen-bond donors (Lipinski definition) is 1. The molecule has 0 bridgehead atoms. The number of esters is 1. The van der Waals surface area contributed by atoms with Gasteiger partial charge < -0.3 is 23.8 Å². The summed E-state index contributed by atoms with van der Waals surface area (Å²) in [6.45, 7) is 5.14. The summed E-state index contributed by atoms with van der Waals surface area (Å²) < 4.78 is 17.4. The van der Waals surface area contributed by atoms with E-state index in [4.69, 9.17) is 25.5 Å². The lowest BCUT2D eigenvalue weighted by molar-refractivity contribution is -0.813. The normalized spacial score (nSPS) is 17.0. The number of hydrogen-bond acceptors (Lipinski definition) is 10. The fourth-order valence-electron chi connectivity index (χ4n) is 5.10. The summed E-state index contributed by atoms with van der Waals surface area (Å²) in [6, 6.07) is 13.1. The Balaban J connectivity index is 1.53. The van der Waals surface area contributed by atoms with E-state index in [0.29, 0.717) is 33.9 Å². The first-order chi connectivity index (χ1) is 20.5. The summed E-state index contributed by atoms with van der Waals surface area (Å²) in [5, 5.41) is 27.4. The van der Waals surface area contributed by atoms with Crippen molar-refractivity contribution in [2.24, 2.45) is 4.99 Å². The average molecular weight is 672 g/mol. The average Bonchev–Trinajstić information content (AvgIpc) is 3.70. The number of aliphatic imine (C=N–C) groups is 1. The van der Waals surface area contributed by atoms with E-state index in [1.165, 1.54) is 7.11 Å². The zero-order chi connectivity index (χ0) is 30.9. The number of halogens is 2. The number of aliphatic carboxylic acids is 1. The van der Waals surface area contributed by atoms with Gasteiger partial charge in [-0.15, -0.1) is 10.2 Å². The molecular formula is C29H28BrClN6O6. The molecule has 224 valence electrons. The topological polar surface area (TPSA) is 156 Å². The number of aromatic nitrogens is 4. The minimum absolute atomic E-state index is 0.0612. The molecule has 1 aliphatic heterocycles. The molecule has 4 aromatic rings. The van der Waals surface area contributed by atoms with E-state index >= 15 is 0 Å². The van der Waals surface area contributed by atoms with E-state index in [-0.39, 0.29) is 35.0 Å². The summed E-state index contributed by atoms with van der Waals surface area (Å²) in [5.41, 5.74) is 1.50. The van der Waals surface area contributed by atoms with Crippen molar-refractivity contribution in [1.29, 1.82) is 0 Å². The van der Waals surface area contributed by atoms with Crippen molar-refractivity contribution in [3.8, 4) is 22.7 Å². The first-order valence-corrected chi connectivity index (χ1v) is 14.5. The Morgan fingerprint density at radius 1 is 1.19 bits per heavy atom. The van der Waals surface area contributed by atoms with Crippen LogP contribution in [0.2, 0.25) is 0 Å². The number of quaternary nitrogens is 1. The number of carboxylic acid groups (broad SMARTS) is 1. The van der Waals surface area contributed by atoms with Crippen LogP contribution in [0.15, 0.2) is 67.2 Å². The second kappa shape index (κ2) is 12.0. The lowest BCUT2D eigenvalue weighted by Gasteiger charge is -2.37. The number of fused-ring (bicyclic) bond motifs is 1. The highest BCUT2D eigenvalue weighted by atomic mass is 79.9. The predicted octanol–water partition coefficient (Wildman–Crippen LogP) is 4.31. The third-order valence-corrected chi connectivity index (χ3v) is 8.52. The van der Waals surface area contributed by atoms with Gasteiger partial charge in [-0.1, -0.05) is 42.8 Å². The number of methoxy groups -OCH3 is 1. The molecule has 12 nitrogen and oxygen atoms in total. The molecule has 1 atom stereocenters. The van der Waals surface area contributed by atoms with E-state index < -0.39 is 17.5 Å². The van der Waals surface area contributed by atoms with Crippen molar-refractivity contribution in [3.63, 3.8) is 0 Å². The minimum Gasteiger partial charge on any atom is -0.540 e. The van der Waals surface area contributed by atoms with Gasteiger partial charge in [-0.05, 0) is 53.2 Å². The maximum Gasteiger partial charge on any atom is 0.338 e. The number of aromatic amines is 1. The van der Waals surface area contributed by atoms with Crippen LogP contribution in [0.1, 0.15) is 32.8 Å². The number of carbonyl (C=O) groups excluding carboxylic acids is 2. The van der Waals surface area contributed by atoms with Crippen LogP contribution >= 0.6 is 27.5 Å². The molecule has 2 aromatic heterocycles. The lowest BCUT2D eigenvalue weighted by atomic mass is 10.0. The molecule has 0 radical (unpaired) electrons. The fraction of sp³-hybridized carbons (Fsp3) is 0.310. The van der Waals surface area contributed by atoms with E-state index in [2.05, 4.69) is 41.5 Å². The van der Waals surface area contributed by atoms with E-state index in [0.717, 1.165) is 22.1 Å². The molecule has 3 heterocycles. The highest BCUT2D eigenvalue weighted by Gasteiger charge is 2.46. The molecule has 0 saturated carbocycles. The summed E-state index contributed by atoms with van der Waals surface area (Å²) in [7, 11) is 1.41. The molecule has 1 N–H and O–H groups in total. The summed E-state index contributed by atoms with van der Waals surface area (Å²) >= 11 is 10.1. The number of carboxylic acids is 1. The monoisotopic (exact) mass is 670 g/mol. The number of H-pyrrole nitrogens is 1. The zero-order valence-electron chi connectivity index (χ0n) is 23.8. The molecule has 0 amide bonds. The van der Waals surface area contributed by atoms with E-state index in [1.54, 1.807) is 13.8 Å². The Bertz CT molecular complexity index is 1770. The van der Waals surface area contributed by atoms with Crippen LogP contribution < -0.4 is 5.11 Å². The molecule has 0 saturated heterocycles. The van der Waals surface area contributed by atoms with Gasteiger partial charge in [-0.2, -0.15) is 10.2 Å². The third-order valence-electron chi connectivity index (χ3n) is 7.46. The van der Waals surface area contributed by atoms with Gasteiger partial charge >= 0.3 is 5.97 Å². The number of ether oxygens (including phenoxy) is 2. The number of carbonyl (C=O) groups is 2. The quantitative estimate of drug-likeness (QED) is 0.140. The maximum absolute atomic E-state index is 12.6. The maximum atomic E-state index is 12.6. The number of amidine groups is 1. The van der Waals surface area contributed by atoms with Gasteiger partial charge in [0.1, 0.15) is 37.0 Å². The molecule has 2 aromatic carbocycles. The second-order valence-corrected chi connectivity index (χ2v) is 11.5. The van der Waals surface area contributed by atoms with E-state index in [1.807, 2.05) is 49.4 Å².